The molecule has 0 fully saturated rings. The zero-order valence-electron chi connectivity index (χ0n) is 18.5. The number of rotatable bonds is 7. The molecule has 2 aromatic heterocycles. The highest BCUT2D eigenvalue weighted by Crippen LogP contribution is 2.23. The lowest BCUT2D eigenvalue weighted by atomic mass is 10.1. The number of carbonyl (C=O) groups is 1. The molecular weight excluding hydrogens is 444 g/mol. The molecule has 0 unspecified atom stereocenters. The molecule has 0 N–H and O–H groups in total. The van der Waals surface area contributed by atoms with Crippen LogP contribution in [0.1, 0.15) is 24.2 Å². The molecule has 2 aromatic carbocycles. The Labute approximate surface area is 194 Å². The van der Waals surface area contributed by atoms with Gasteiger partial charge in [0.1, 0.15) is 5.75 Å². The second kappa shape index (κ2) is 9.07. The first-order valence-electron chi connectivity index (χ1n) is 10.4. The first-order chi connectivity index (χ1) is 15.8. The number of ketones is 1. The van der Waals surface area contributed by atoms with Crippen LogP contribution in [0, 0.1) is 5.92 Å². The Bertz CT molecular complexity index is 1450. The Kier molecular flexibility index (Phi) is 6.20. The van der Waals surface area contributed by atoms with Gasteiger partial charge >= 0.3 is 5.69 Å². The third-order valence-electron chi connectivity index (χ3n) is 5.25. The van der Waals surface area contributed by atoms with E-state index in [2.05, 4.69) is 4.98 Å². The zero-order valence-corrected chi connectivity index (χ0v) is 19.2. The van der Waals surface area contributed by atoms with E-state index in [1.807, 2.05) is 13.8 Å². The number of aromatic nitrogens is 4. The Morgan fingerprint density at radius 2 is 1.79 bits per heavy atom. The second-order valence-electron chi connectivity index (χ2n) is 8.07. The highest BCUT2D eigenvalue weighted by Gasteiger charge is 2.22. The fourth-order valence-electron chi connectivity index (χ4n) is 3.74. The average Bonchev–Trinajstić information content (AvgIpc) is 3.20. The van der Waals surface area contributed by atoms with Crippen LogP contribution in [0.25, 0.3) is 16.9 Å². The Balaban J connectivity index is 1.95. The standard InChI is InChI=1S/C24H23ClN4O4/c1-15(2)12-28-23(31)21-22(29(24(28)32)18-6-4-5-7-20(18)33-3)26-14-27(21)13-19(30)16-8-10-17(25)11-9-16/h4-11,14-15H,12-13H2,1-3H3. The van der Waals surface area contributed by atoms with Crippen molar-refractivity contribution in [1.82, 2.24) is 18.7 Å². The number of ether oxygens (including phenoxy) is 1. The van der Waals surface area contributed by atoms with Crippen LogP contribution < -0.4 is 16.0 Å². The fraction of sp³-hybridized carbons (Fsp3) is 0.250. The highest BCUT2D eigenvalue weighted by atomic mass is 35.5. The van der Waals surface area contributed by atoms with E-state index >= 15 is 0 Å². The number of hydrogen-bond donors (Lipinski definition) is 0. The minimum atomic E-state index is -0.514. The summed E-state index contributed by atoms with van der Waals surface area (Å²) in [5.74, 6) is 0.296. The molecule has 9 heteroatoms. The SMILES string of the molecule is COc1ccccc1-n1c(=O)n(CC(C)C)c(=O)c2c1ncn2CC(=O)c1ccc(Cl)cc1. The van der Waals surface area contributed by atoms with E-state index in [0.29, 0.717) is 22.0 Å². The summed E-state index contributed by atoms with van der Waals surface area (Å²) >= 11 is 5.92. The van der Waals surface area contributed by atoms with Crippen molar-refractivity contribution in [1.29, 1.82) is 0 Å². The second-order valence-corrected chi connectivity index (χ2v) is 8.51. The molecule has 170 valence electrons. The van der Waals surface area contributed by atoms with Crippen molar-refractivity contribution in [3.8, 4) is 11.4 Å². The predicted octanol–water partition coefficient (Wildman–Crippen LogP) is 3.55. The minimum Gasteiger partial charge on any atom is -0.495 e. The van der Waals surface area contributed by atoms with Gasteiger partial charge in [-0.3, -0.25) is 14.2 Å². The predicted molar refractivity (Wildman–Crippen MR) is 127 cm³/mol. The maximum absolute atomic E-state index is 13.4. The van der Waals surface area contributed by atoms with Crippen molar-refractivity contribution >= 4 is 28.5 Å². The number of nitrogens with zero attached hydrogens (tertiary/aromatic N) is 4. The van der Waals surface area contributed by atoms with Gasteiger partial charge in [-0.05, 0) is 42.3 Å². The molecule has 0 saturated carbocycles. The van der Waals surface area contributed by atoms with Gasteiger partial charge in [0.05, 0.1) is 25.7 Å². The van der Waals surface area contributed by atoms with Crippen LogP contribution >= 0.6 is 11.6 Å². The van der Waals surface area contributed by atoms with Crippen LogP contribution in [-0.2, 0) is 13.1 Å². The quantitative estimate of drug-likeness (QED) is 0.389. The number of benzene rings is 2. The summed E-state index contributed by atoms with van der Waals surface area (Å²) in [5, 5.41) is 0.525. The topological polar surface area (TPSA) is 88.1 Å². The first kappa shape index (κ1) is 22.5. The Morgan fingerprint density at radius 3 is 2.45 bits per heavy atom. The van der Waals surface area contributed by atoms with Crippen LogP contribution in [0.3, 0.4) is 0 Å². The number of para-hydroxylation sites is 2. The van der Waals surface area contributed by atoms with E-state index in [4.69, 9.17) is 16.3 Å². The number of carbonyl (C=O) groups excluding carboxylic acids is 1. The van der Waals surface area contributed by atoms with Crippen molar-refractivity contribution in [3.05, 3.63) is 86.3 Å². The number of hydrogen-bond acceptors (Lipinski definition) is 5. The summed E-state index contributed by atoms with van der Waals surface area (Å²) in [6.45, 7) is 3.95. The third kappa shape index (κ3) is 4.21. The van der Waals surface area contributed by atoms with Crippen molar-refractivity contribution in [2.75, 3.05) is 7.11 Å². The molecular formula is C24H23ClN4O4. The summed E-state index contributed by atoms with van der Waals surface area (Å²) in [7, 11) is 1.51. The Morgan fingerprint density at radius 1 is 1.09 bits per heavy atom. The summed E-state index contributed by atoms with van der Waals surface area (Å²) in [6, 6.07) is 13.5. The lowest BCUT2D eigenvalue weighted by Crippen LogP contribution is -2.41. The summed E-state index contributed by atoms with van der Waals surface area (Å²) in [5.41, 5.74) is 0.252. The molecule has 0 radical (unpaired) electrons. The molecule has 4 rings (SSSR count). The lowest BCUT2D eigenvalue weighted by molar-refractivity contribution is 0.0973. The van der Waals surface area contributed by atoms with E-state index in [0.717, 1.165) is 0 Å². The van der Waals surface area contributed by atoms with Crippen molar-refractivity contribution in [3.63, 3.8) is 0 Å². The molecule has 33 heavy (non-hydrogen) atoms. The monoisotopic (exact) mass is 466 g/mol. The summed E-state index contributed by atoms with van der Waals surface area (Å²) in [4.78, 5) is 44.1. The minimum absolute atomic E-state index is 0.0473. The lowest BCUT2D eigenvalue weighted by Gasteiger charge is -2.15. The number of fused-ring (bicyclic) bond motifs is 1. The molecule has 0 aliphatic carbocycles. The molecule has 0 aliphatic rings. The van der Waals surface area contributed by atoms with Crippen LogP contribution in [-0.4, -0.2) is 31.6 Å². The van der Waals surface area contributed by atoms with Gasteiger partial charge in [-0.1, -0.05) is 37.6 Å². The van der Waals surface area contributed by atoms with Gasteiger partial charge in [-0.2, -0.15) is 0 Å². The maximum atomic E-state index is 13.4. The summed E-state index contributed by atoms with van der Waals surface area (Å²) < 4.78 is 9.48. The molecule has 0 aliphatic heterocycles. The van der Waals surface area contributed by atoms with E-state index in [1.165, 1.54) is 27.1 Å². The van der Waals surface area contributed by atoms with Gasteiger partial charge in [0.25, 0.3) is 5.56 Å². The molecule has 0 atom stereocenters. The number of methoxy groups -OCH3 is 1. The third-order valence-corrected chi connectivity index (χ3v) is 5.51. The van der Waals surface area contributed by atoms with E-state index < -0.39 is 11.2 Å². The number of halogens is 1. The van der Waals surface area contributed by atoms with Gasteiger partial charge < -0.3 is 9.30 Å². The fourth-order valence-corrected chi connectivity index (χ4v) is 3.87. The van der Waals surface area contributed by atoms with Gasteiger partial charge in [0.2, 0.25) is 0 Å². The van der Waals surface area contributed by atoms with Gasteiger partial charge in [0, 0.05) is 17.1 Å². The smallest absolute Gasteiger partial charge is 0.337 e. The first-order valence-corrected chi connectivity index (χ1v) is 10.8. The molecule has 4 aromatic rings. The highest BCUT2D eigenvalue weighted by molar-refractivity contribution is 6.30. The van der Waals surface area contributed by atoms with Crippen molar-refractivity contribution in [2.24, 2.45) is 5.92 Å². The number of Topliss-reactive ketones (excluding diaryl/α,β-unsaturated/α-hetero) is 1. The molecule has 0 amide bonds. The van der Waals surface area contributed by atoms with Crippen LogP contribution in [0.5, 0.6) is 5.75 Å². The molecule has 0 bridgehead atoms. The number of imidazole rings is 1. The van der Waals surface area contributed by atoms with E-state index in [-0.39, 0.29) is 36.0 Å². The average molecular weight is 467 g/mol. The Hall–Kier alpha value is -3.65. The molecule has 8 nitrogen and oxygen atoms in total. The van der Waals surface area contributed by atoms with Crippen LogP contribution in [0.4, 0.5) is 0 Å². The molecule has 2 heterocycles. The van der Waals surface area contributed by atoms with Crippen LogP contribution in [0.15, 0.2) is 64.4 Å². The van der Waals surface area contributed by atoms with Gasteiger partial charge in [-0.15, -0.1) is 0 Å². The zero-order chi connectivity index (χ0) is 23.7. The molecule has 0 saturated heterocycles. The van der Waals surface area contributed by atoms with E-state index in [9.17, 15) is 14.4 Å². The molecule has 0 spiro atoms. The van der Waals surface area contributed by atoms with Crippen molar-refractivity contribution < 1.29 is 9.53 Å². The van der Waals surface area contributed by atoms with Crippen LogP contribution in [0.2, 0.25) is 5.02 Å². The largest absolute Gasteiger partial charge is 0.495 e. The maximum Gasteiger partial charge on any atom is 0.337 e. The normalized spacial score (nSPS) is 11.3. The van der Waals surface area contributed by atoms with Gasteiger partial charge in [0.15, 0.2) is 16.9 Å². The summed E-state index contributed by atoms with van der Waals surface area (Å²) in [6.07, 6.45) is 1.41. The van der Waals surface area contributed by atoms with Gasteiger partial charge in [-0.25, -0.2) is 14.3 Å². The van der Waals surface area contributed by atoms with E-state index in [1.54, 1.807) is 48.5 Å². The van der Waals surface area contributed by atoms with Crippen molar-refractivity contribution in [2.45, 2.75) is 26.9 Å².